The fourth-order valence-electron chi connectivity index (χ4n) is 1.17. The van der Waals surface area contributed by atoms with E-state index in [-0.39, 0.29) is 0 Å². The van der Waals surface area contributed by atoms with Crippen LogP contribution in [0.3, 0.4) is 0 Å². The topological polar surface area (TPSA) is 55.6 Å². The highest BCUT2D eigenvalue weighted by atomic mass is 16.5. The lowest BCUT2D eigenvalue weighted by atomic mass is 10.2. The summed E-state index contributed by atoms with van der Waals surface area (Å²) < 4.78 is 5.35. The Morgan fingerprint density at radius 1 is 1.71 bits per heavy atom. The summed E-state index contributed by atoms with van der Waals surface area (Å²) in [5.74, 6) is -0.401. The van der Waals surface area contributed by atoms with Crippen LogP contribution in [0.4, 0.5) is 0 Å². The fourth-order valence-corrected chi connectivity index (χ4v) is 1.17. The fraction of sp³-hybridized carbons (Fsp3) is 0.500. The summed E-state index contributed by atoms with van der Waals surface area (Å²) in [7, 11) is 0. The van der Waals surface area contributed by atoms with Gasteiger partial charge in [-0.3, -0.25) is 4.79 Å². The molecule has 0 spiro atoms. The third-order valence-corrected chi connectivity index (χ3v) is 1.85. The predicted molar refractivity (Wildman–Crippen MR) is 54.2 cm³/mol. The highest BCUT2D eigenvalue weighted by molar-refractivity contribution is 5.94. The number of hydrogen-bond acceptors (Lipinski definition) is 3. The zero-order chi connectivity index (χ0) is 10.4. The van der Waals surface area contributed by atoms with Gasteiger partial charge in [0, 0.05) is 19.4 Å². The molecule has 1 heterocycles. The molecule has 0 aliphatic carbocycles. The zero-order valence-corrected chi connectivity index (χ0v) is 8.40. The van der Waals surface area contributed by atoms with Crippen LogP contribution in [0, 0.1) is 0 Å². The van der Waals surface area contributed by atoms with Crippen LogP contribution in [-0.4, -0.2) is 30.7 Å². The SMILES string of the molecule is CCCOCN1C=C(C(N)=O)C=CC1. The Balaban J connectivity index is 2.41. The van der Waals surface area contributed by atoms with Gasteiger partial charge in [0.15, 0.2) is 0 Å². The van der Waals surface area contributed by atoms with Crippen molar-refractivity contribution in [3.05, 3.63) is 23.9 Å². The van der Waals surface area contributed by atoms with Crippen molar-refractivity contribution in [1.82, 2.24) is 4.90 Å². The van der Waals surface area contributed by atoms with E-state index in [2.05, 4.69) is 6.92 Å². The molecular weight excluding hydrogens is 180 g/mol. The van der Waals surface area contributed by atoms with Crippen molar-refractivity contribution in [2.75, 3.05) is 19.9 Å². The molecule has 0 aromatic carbocycles. The lowest BCUT2D eigenvalue weighted by molar-refractivity contribution is -0.114. The Morgan fingerprint density at radius 2 is 2.50 bits per heavy atom. The van der Waals surface area contributed by atoms with Gasteiger partial charge in [0.05, 0.1) is 5.57 Å². The van der Waals surface area contributed by atoms with Crippen LogP contribution in [0.15, 0.2) is 23.9 Å². The Morgan fingerprint density at radius 3 is 3.14 bits per heavy atom. The third-order valence-electron chi connectivity index (χ3n) is 1.85. The number of amides is 1. The molecule has 0 saturated heterocycles. The van der Waals surface area contributed by atoms with E-state index in [9.17, 15) is 4.79 Å². The van der Waals surface area contributed by atoms with Crippen molar-refractivity contribution in [2.45, 2.75) is 13.3 Å². The minimum Gasteiger partial charge on any atom is -0.366 e. The van der Waals surface area contributed by atoms with E-state index in [1.54, 1.807) is 12.3 Å². The van der Waals surface area contributed by atoms with E-state index in [0.29, 0.717) is 12.3 Å². The van der Waals surface area contributed by atoms with E-state index in [1.807, 2.05) is 11.0 Å². The molecule has 2 N–H and O–H groups in total. The highest BCUT2D eigenvalue weighted by Crippen LogP contribution is 2.06. The lowest BCUT2D eigenvalue weighted by Gasteiger charge is -2.21. The maximum absolute atomic E-state index is 10.9. The van der Waals surface area contributed by atoms with Crippen molar-refractivity contribution < 1.29 is 9.53 Å². The largest absolute Gasteiger partial charge is 0.366 e. The van der Waals surface area contributed by atoms with Gasteiger partial charge < -0.3 is 15.4 Å². The molecule has 0 aromatic heterocycles. The molecule has 0 aromatic rings. The molecule has 0 fully saturated rings. The average molecular weight is 196 g/mol. The summed E-state index contributed by atoms with van der Waals surface area (Å²) in [6.45, 7) is 4.07. The first-order valence-electron chi connectivity index (χ1n) is 4.74. The molecule has 1 rings (SSSR count). The summed E-state index contributed by atoms with van der Waals surface area (Å²) in [4.78, 5) is 12.8. The van der Waals surface area contributed by atoms with E-state index in [1.165, 1.54) is 0 Å². The van der Waals surface area contributed by atoms with Crippen molar-refractivity contribution in [3.63, 3.8) is 0 Å². The smallest absolute Gasteiger partial charge is 0.250 e. The van der Waals surface area contributed by atoms with Gasteiger partial charge >= 0.3 is 0 Å². The van der Waals surface area contributed by atoms with Crippen LogP contribution < -0.4 is 5.73 Å². The Kier molecular flexibility index (Phi) is 4.19. The molecule has 0 unspecified atom stereocenters. The molecular formula is C10H16N2O2. The first-order valence-corrected chi connectivity index (χ1v) is 4.74. The van der Waals surface area contributed by atoms with E-state index >= 15 is 0 Å². The van der Waals surface area contributed by atoms with Gasteiger partial charge in [-0.15, -0.1) is 0 Å². The van der Waals surface area contributed by atoms with Crippen LogP contribution >= 0.6 is 0 Å². The van der Waals surface area contributed by atoms with Gasteiger partial charge in [0.2, 0.25) is 5.91 Å². The number of ether oxygens (including phenoxy) is 1. The van der Waals surface area contributed by atoms with Crippen LogP contribution in [-0.2, 0) is 9.53 Å². The molecule has 1 aliphatic heterocycles. The predicted octanol–water partition coefficient (Wildman–Crippen LogP) is 0.612. The number of carbonyl (C=O) groups excluding carboxylic acids is 1. The minimum absolute atomic E-state index is 0.401. The Labute approximate surface area is 84.0 Å². The van der Waals surface area contributed by atoms with Crippen LogP contribution in [0.2, 0.25) is 0 Å². The maximum Gasteiger partial charge on any atom is 0.250 e. The molecule has 1 aliphatic rings. The van der Waals surface area contributed by atoms with Crippen molar-refractivity contribution in [3.8, 4) is 0 Å². The number of nitrogens with two attached hydrogens (primary N) is 1. The Bertz CT molecular complexity index is 259. The second-order valence-corrected chi connectivity index (χ2v) is 3.16. The van der Waals surface area contributed by atoms with Crippen LogP contribution in [0.5, 0.6) is 0 Å². The van der Waals surface area contributed by atoms with E-state index < -0.39 is 5.91 Å². The van der Waals surface area contributed by atoms with Crippen LogP contribution in [0.1, 0.15) is 13.3 Å². The zero-order valence-electron chi connectivity index (χ0n) is 8.40. The van der Waals surface area contributed by atoms with Gasteiger partial charge in [0.25, 0.3) is 0 Å². The number of rotatable bonds is 5. The molecule has 0 atom stereocenters. The number of primary amides is 1. The molecule has 4 heteroatoms. The van der Waals surface area contributed by atoms with E-state index in [0.717, 1.165) is 19.6 Å². The maximum atomic E-state index is 10.9. The van der Waals surface area contributed by atoms with Crippen molar-refractivity contribution >= 4 is 5.91 Å². The molecule has 1 amide bonds. The summed E-state index contributed by atoms with van der Waals surface area (Å²) in [5, 5.41) is 0. The van der Waals surface area contributed by atoms with Gasteiger partial charge in [-0.05, 0) is 6.42 Å². The summed E-state index contributed by atoms with van der Waals surface area (Å²) in [6, 6.07) is 0. The van der Waals surface area contributed by atoms with Gasteiger partial charge in [-0.1, -0.05) is 19.1 Å². The quantitative estimate of drug-likeness (QED) is 0.655. The first-order chi connectivity index (χ1) is 6.74. The monoisotopic (exact) mass is 196 g/mol. The van der Waals surface area contributed by atoms with Crippen LogP contribution in [0.25, 0.3) is 0 Å². The average Bonchev–Trinajstić information content (AvgIpc) is 2.19. The van der Waals surface area contributed by atoms with Crippen molar-refractivity contribution in [1.29, 1.82) is 0 Å². The summed E-state index contributed by atoms with van der Waals surface area (Å²) in [5.41, 5.74) is 5.68. The first kappa shape index (κ1) is 10.8. The normalized spacial score (nSPS) is 15.5. The lowest BCUT2D eigenvalue weighted by Crippen LogP contribution is -2.26. The second-order valence-electron chi connectivity index (χ2n) is 3.16. The van der Waals surface area contributed by atoms with Gasteiger partial charge in [-0.2, -0.15) is 0 Å². The third kappa shape index (κ3) is 3.22. The summed E-state index contributed by atoms with van der Waals surface area (Å²) in [6.07, 6.45) is 6.36. The Hall–Kier alpha value is -1.29. The van der Waals surface area contributed by atoms with Gasteiger partial charge in [0.1, 0.15) is 6.73 Å². The number of hydrogen-bond donors (Lipinski definition) is 1. The standard InChI is InChI=1S/C10H16N2O2/c1-2-6-14-8-12-5-3-4-9(7-12)10(11)13/h3-4,7H,2,5-6,8H2,1H3,(H2,11,13). The number of carbonyl (C=O) groups is 1. The number of nitrogens with zero attached hydrogens (tertiary/aromatic N) is 1. The van der Waals surface area contributed by atoms with E-state index in [4.69, 9.17) is 10.5 Å². The van der Waals surface area contributed by atoms with Gasteiger partial charge in [-0.25, -0.2) is 0 Å². The summed E-state index contributed by atoms with van der Waals surface area (Å²) >= 11 is 0. The molecule has 0 bridgehead atoms. The molecule has 4 nitrogen and oxygen atoms in total. The highest BCUT2D eigenvalue weighted by Gasteiger charge is 2.08. The van der Waals surface area contributed by atoms with Crippen molar-refractivity contribution in [2.24, 2.45) is 5.73 Å². The molecule has 78 valence electrons. The molecule has 14 heavy (non-hydrogen) atoms. The molecule has 0 radical (unpaired) electrons. The minimum atomic E-state index is -0.401. The second kappa shape index (κ2) is 5.44. The molecule has 0 saturated carbocycles.